The number of hydrogen-bond donors (Lipinski definition) is 2. The summed E-state index contributed by atoms with van der Waals surface area (Å²) in [6.07, 6.45) is -4.88. The van der Waals surface area contributed by atoms with E-state index in [2.05, 4.69) is 15.4 Å². The molecule has 2 aliphatic rings. The molecule has 1 aliphatic heterocycles. The summed E-state index contributed by atoms with van der Waals surface area (Å²) in [6, 6.07) is -1.85. The van der Waals surface area contributed by atoms with E-state index in [0.29, 0.717) is 0 Å². The molecule has 1 saturated heterocycles. The number of rotatable bonds is 6. The van der Waals surface area contributed by atoms with Gasteiger partial charge in [-0.1, -0.05) is 11.6 Å². The summed E-state index contributed by atoms with van der Waals surface area (Å²) in [7, 11) is 0. The molecule has 2 N–H and O–H groups in total. The Hall–Kier alpha value is -3.41. The van der Waals surface area contributed by atoms with Crippen molar-refractivity contribution in [1.82, 2.24) is 30.1 Å². The minimum Gasteiger partial charge on any atom is -0.444 e. The second-order valence-corrected chi connectivity index (χ2v) is 11.6. The number of carbonyl (C=O) groups is 2. The van der Waals surface area contributed by atoms with Crippen LogP contribution in [-0.2, 0) is 4.74 Å². The molecular formula is C25H29ClF5N7O3. The van der Waals surface area contributed by atoms with Crippen LogP contribution in [0.25, 0.3) is 5.65 Å². The number of ether oxygens (including phenoxy) is 1. The molecule has 1 unspecified atom stereocenters. The highest BCUT2D eigenvalue weighted by atomic mass is 35.5. The number of hydrogen-bond acceptors (Lipinski definition) is 6. The quantitative estimate of drug-likeness (QED) is 0.408. The number of nitrogens with zero attached hydrogens (tertiary/aromatic N) is 5. The number of urea groups is 1. The summed E-state index contributed by atoms with van der Waals surface area (Å²) in [5.74, 6) is -3.21. The summed E-state index contributed by atoms with van der Waals surface area (Å²) in [5.41, 5.74) is -0.282. The van der Waals surface area contributed by atoms with Crippen LogP contribution in [0.4, 0.5) is 31.5 Å². The molecule has 3 amide bonds. The number of imidazole rings is 1. The third-order valence-electron chi connectivity index (χ3n) is 7.03. The van der Waals surface area contributed by atoms with E-state index in [9.17, 15) is 36.8 Å². The number of halogens is 6. The molecule has 3 heterocycles. The second-order valence-electron chi connectivity index (χ2n) is 11.3. The van der Waals surface area contributed by atoms with Gasteiger partial charge in [0.1, 0.15) is 11.6 Å². The van der Waals surface area contributed by atoms with Crippen molar-refractivity contribution in [1.29, 1.82) is 5.26 Å². The van der Waals surface area contributed by atoms with Crippen LogP contribution in [0.15, 0.2) is 12.3 Å². The fraction of sp³-hybridized carbons (Fsp3) is 0.640. The number of alkyl halides is 5. The Bertz CT molecular complexity index is 1340. The van der Waals surface area contributed by atoms with Crippen molar-refractivity contribution in [3.63, 3.8) is 0 Å². The highest BCUT2D eigenvalue weighted by molar-refractivity contribution is 6.30. The van der Waals surface area contributed by atoms with Gasteiger partial charge in [0.25, 0.3) is 0 Å². The van der Waals surface area contributed by atoms with Crippen molar-refractivity contribution >= 4 is 29.4 Å². The van der Waals surface area contributed by atoms with Crippen LogP contribution in [-0.4, -0.2) is 61.9 Å². The van der Waals surface area contributed by atoms with Crippen molar-refractivity contribution in [2.24, 2.45) is 5.92 Å². The largest absolute Gasteiger partial charge is 0.444 e. The van der Waals surface area contributed by atoms with Gasteiger partial charge in [0, 0.05) is 18.4 Å². The summed E-state index contributed by atoms with van der Waals surface area (Å²) in [5, 5.41) is 18.0. The minimum atomic E-state index is -4.69. The monoisotopic (exact) mass is 605 g/mol. The lowest BCUT2D eigenvalue weighted by atomic mass is 9.81. The van der Waals surface area contributed by atoms with E-state index in [1.165, 1.54) is 16.8 Å². The maximum Gasteiger partial charge on any atom is 0.410 e. The van der Waals surface area contributed by atoms with E-state index in [1.807, 2.05) is 11.4 Å². The molecule has 16 heteroatoms. The molecule has 0 spiro atoms. The van der Waals surface area contributed by atoms with Crippen molar-refractivity contribution < 1.29 is 36.3 Å². The molecule has 2 aromatic rings. The third-order valence-corrected chi connectivity index (χ3v) is 7.32. The molecule has 1 saturated carbocycles. The molecule has 0 radical (unpaired) electrons. The smallest absolute Gasteiger partial charge is 0.410 e. The van der Waals surface area contributed by atoms with E-state index in [0.717, 1.165) is 4.90 Å². The average Bonchev–Trinajstić information content (AvgIpc) is 3.43. The number of carbonyl (C=O) groups excluding carboxylic acids is 2. The van der Waals surface area contributed by atoms with Crippen molar-refractivity contribution in [3.8, 4) is 6.07 Å². The van der Waals surface area contributed by atoms with E-state index in [4.69, 9.17) is 16.3 Å². The number of fused-ring (bicyclic) bond motifs is 1. The molecule has 1 aliphatic carbocycles. The lowest BCUT2D eigenvalue weighted by Crippen LogP contribution is -2.40. The van der Waals surface area contributed by atoms with Gasteiger partial charge in [-0.3, -0.25) is 0 Å². The highest BCUT2D eigenvalue weighted by Gasteiger charge is 2.49. The van der Waals surface area contributed by atoms with Gasteiger partial charge in [0.2, 0.25) is 5.92 Å². The van der Waals surface area contributed by atoms with E-state index < -0.39 is 60.4 Å². The third kappa shape index (κ3) is 7.09. The van der Waals surface area contributed by atoms with E-state index in [1.54, 1.807) is 20.8 Å². The van der Waals surface area contributed by atoms with Crippen LogP contribution in [0.1, 0.15) is 76.2 Å². The predicted molar refractivity (Wildman–Crippen MR) is 135 cm³/mol. The van der Waals surface area contributed by atoms with Crippen LogP contribution in [0.3, 0.4) is 0 Å². The lowest BCUT2D eigenvalue weighted by Gasteiger charge is -2.33. The Morgan fingerprint density at radius 2 is 1.98 bits per heavy atom. The molecule has 4 rings (SSSR count). The Kier molecular flexibility index (Phi) is 8.28. The fourth-order valence-corrected chi connectivity index (χ4v) is 5.33. The van der Waals surface area contributed by atoms with Crippen LogP contribution in [0.2, 0.25) is 5.15 Å². The van der Waals surface area contributed by atoms with Crippen LogP contribution >= 0.6 is 11.6 Å². The molecule has 2 fully saturated rings. The van der Waals surface area contributed by atoms with Gasteiger partial charge in [-0.05, 0) is 45.6 Å². The number of nitriles is 1. The lowest BCUT2D eigenvalue weighted by molar-refractivity contribution is -0.150. The van der Waals surface area contributed by atoms with Gasteiger partial charge >= 0.3 is 18.3 Å². The molecule has 0 aromatic carbocycles. The second kappa shape index (κ2) is 11.1. The first-order valence-corrected chi connectivity index (χ1v) is 13.3. The predicted octanol–water partition coefficient (Wildman–Crippen LogP) is 5.68. The van der Waals surface area contributed by atoms with Crippen LogP contribution < -0.4 is 10.6 Å². The first kappa shape index (κ1) is 30.5. The Labute approximate surface area is 237 Å². The molecule has 10 nitrogen and oxygen atoms in total. The summed E-state index contributed by atoms with van der Waals surface area (Å²) in [6.45, 7) is 4.30. The first-order valence-electron chi connectivity index (χ1n) is 12.9. The van der Waals surface area contributed by atoms with Gasteiger partial charge in [-0.25, -0.2) is 27.9 Å². The van der Waals surface area contributed by atoms with E-state index >= 15 is 0 Å². The maximum atomic E-state index is 13.9. The zero-order chi connectivity index (χ0) is 30.3. The number of nitrogens with one attached hydrogen (secondary N) is 2. The van der Waals surface area contributed by atoms with Crippen molar-refractivity contribution in [3.05, 3.63) is 28.7 Å². The molecule has 2 aromatic heterocycles. The average molecular weight is 606 g/mol. The zero-order valence-corrected chi connectivity index (χ0v) is 23.2. The minimum absolute atomic E-state index is 0.102. The van der Waals surface area contributed by atoms with E-state index in [-0.39, 0.29) is 54.2 Å². The van der Waals surface area contributed by atoms with Crippen LogP contribution in [0.5, 0.6) is 0 Å². The van der Waals surface area contributed by atoms with Crippen molar-refractivity contribution in [2.75, 3.05) is 6.54 Å². The molecular weight excluding hydrogens is 577 g/mol. The van der Waals surface area contributed by atoms with Gasteiger partial charge in [-0.2, -0.15) is 23.5 Å². The Balaban J connectivity index is 1.68. The van der Waals surface area contributed by atoms with Gasteiger partial charge in [0.05, 0.1) is 43.0 Å². The topological polar surface area (TPSA) is 125 Å². The van der Waals surface area contributed by atoms with Gasteiger partial charge < -0.3 is 20.3 Å². The zero-order valence-electron chi connectivity index (χ0n) is 22.4. The van der Waals surface area contributed by atoms with Crippen molar-refractivity contribution in [2.45, 2.75) is 88.7 Å². The number of alkyl carbamates (subject to hydrolysis) is 1. The number of aromatic nitrogens is 3. The molecule has 224 valence electrons. The summed E-state index contributed by atoms with van der Waals surface area (Å²) >= 11 is 6.39. The fourth-order valence-electron chi connectivity index (χ4n) is 5.07. The summed E-state index contributed by atoms with van der Waals surface area (Å²) < 4.78 is 74.2. The SMILES string of the molecule is CC(C)(C)OC(=O)NC(c1cn2nc(Cl)c([C@@H](CC#N)N3C[C@@H](C(F)(F)F)NC3=O)cc2n1)C1CCC(F)(F)CC1. The normalized spacial score (nSPS) is 21.3. The first-order chi connectivity index (χ1) is 19.0. The van der Waals surface area contributed by atoms with Crippen LogP contribution in [0, 0.1) is 17.2 Å². The molecule has 3 atom stereocenters. The summed E-state index contributed by atoms with van der Waals surface area (Å²) in [4.78, 5) is 30.5. The Morgan fingerprint density at radius 3 is 2.54 bits per heavy atom. The van der Waals surface area contributed by atoms with Gasteiger partial charge in [-0.15, -0.1) is 0 Å². The highest BCUT2D eigenvalue weighted by Crippen LogP contribution is 2.42. The molecule has 41 heavy (non-hydrogen) atoms. The standard InChI is InChI=1S/C25H29ClF5N7O3/c1-23(2,3)41-22(40)35-19(13-4-7-24(27,28)8-5-13)15-11-38-18(33-15)10-14(20(26)36-38)16(6-9-32)37-12-17(25(29,30)31)34-21(37)39/h10-11,13,16-17,19H,4-8,12H2,1-3H3,(H,34,39)(H,35,40)/t16-,17+,19?/m1/s1. The molecule has 0 bridgehead atoms. The van der Waals surface area contributed by atoms with Gasteiger partial charge in [0.15, 0.2) is 10.8 Å². The maximum absolute atomic E-state index is 13.9. The number of amides is 3. The Morgan fingerprint density at radius 1 is 1.32 bits per heavy atom.